The summed E-state index contributed by atoms with van der Waals surface area (Å²) < 4.78 is 10.8. The Morgan fingerprint density at radius 2 is 2.11 bits per heavy atom. The number of anilines is 1. The third-order valence-corrected chi connectivity index (χ3v) is 5.70. The van der Waals surface area contributed by atoms with Crippen molar-refractivity contribution in [3.05, 3.63) is 40.5 Å². The molecule has 3 aromatic rings. The van der Waals surface area contributed by atoms with Crippen LogP contribution in [0.3, 0.4) is 0 Å². The molecule has 0 atom stereocenters. The largest absolute Gasteiger partial charge is 0.481 e. The quantitative estimate of drug-likeness (QED) is 0.591. The highest BCUT2D eigenvalue weighted by atomic mass is 32.1. The van der Waals surface area contributed by atoms with E-state index in [2.05, 4.69) is 28.3 Å². The van der Waals surface area contributed by atoms with Gasteiger partial charge in [0.05, 0.1) is 5.39 Å². The van der Waals surface area contributed by atoms with Crippen molar-refractivity contribution in [2.75, 3.05) is 12.1 Å². The second-order valence-electron chi connectivity index (χ2n) is 6.56. The topological polar surface area (TPSA) is 93.6 Å². The first-order valence-electron chi connectivity index (χ1n) is 9.26. The van der Waals surface area contributed by atoms with Gasteiger partial charge in [-0.3, -0.25) is 4.79 Å². The van der Waals surface area contributed by atoms with Gasteiger partial charge in [-0.05, 0) is 36.6 Å². The molecule has 2 aromatic heterocycles. The summed E-state index contributed by atoms with van der Waals surface area (Å²) in [6, 6.07) is 8.00. The third-order valence-electron chi connectivity index (χ3n) is 4.53. The molecule has 146 valence electrons. The van der Waals surface area contributed by atoms with Crippen LogP contribution in [0, 0.1) is 0 Å². The molecule has 2 N–H and O–H groups in total. The normalized spacial score (nSPS) is 12.5. The van der Waals surface area contributed by atoms with E-state index in [-0.39, 0.29) is 13.2 Å². The van der Waals surface area contributed by atoms with Crippen LogP contribution in [-0.4, -0.2) is 27.8 Å². The van der Waals surface area contributed by atoms with E-state index in [9.17, 15) is 4.79 Å². The van der Waals surface area contributed by atoms with Crippen LogP contribution in [0.4, 0.5) is 5.82 Å². The molecular weight excluding hydrogens is 378 g/mol. The minimum Gasteiger partial charge on any atom is -0.481 e. The number of thiophene rings is 1. The van der Waals surface area contributed by atoms with Crippen molar-refractivity contribution in [2.45, 2.75) is 39.2 Å². The maximum absolute atomic E-state index is 10.8. The Hall–Kier alpha value is -2.87. The van der Waals surface area contributed by atoms with Crippen LogP contribution in [0.1, 0.15) is 36.0 Å². The number of benzene rings is 1. The molecule has 28 heavy (non-hydrogen) atoms. The van der Waals surface area contributed by atoms with Crippen LogP contribution in [0.5, 0.6) is 11.5 Å². The van der Waals surface area contributed by atoms with E-state index in [1.165, 1.54) is 4.88 Å². The van der Waals surface area contributed by atoms with Crippen LogP contribution >= 0.6 is 11.3 Å². The Balaban J connectivity index is 1.56. The van der Waals surface area contributed by atoms with E-state index in [1.54, 1.807) is 11.3 Å². The fraction of sp³-hybridized carbons (Fsp3) is 0.350. The molecule has 0 saturated carbocycles. The lowest BCUT2D eigenvalue weighted by molar-refractivity contribution is -0.137. The number of aromatic nitrogens is 2. The molecule has 4 rings (SSSR count). The number of carboxylic acid groups (broad SMARTS) is 1. The molecule has 0 aliphatic carbocycles. The van der Waals surface area contributed by atoms with Gasteiger partial charge in [0.1, 0.15) is 16.5 Å². The highest BCUT2D eigenvalue weighted by Crippen LogP contribution is 2.33. The van der Waals surface area contributed by atoms with Gasteiger partial charge in [-0.1, -0.05) is 13.0 Å². The molecule has 8 heteroatoms. The maximum Gasteiger partial charge on any atom is 0.303 e. The molecule has 1 aliphatic rings. The van der Waals surface area contributed by atoms with Crippen LogP contribution in [0.25, 0.3) is 10.2 Å². The van der Waals surface area contributed by atoms with Gasteiger partial charge in [0.2, 0.25) is 6.79 Å². The Morgan fingerprint density at radius 1 is 1.25 bits per heavy atom. The summed E-state index contributed by atoms with van der Waals surface area (Å²) in [4.78, 5) is 22.3. The molecule has 0 fully saturated rings. The number of fused-ring (bicyclic) bond motifs is 2. The van der Waals surface area contributed by atoms with Gasteiger partial charge < -0.3 is 19.9 Å². The summed E-state index contributed by atoms with van der Waals surface area (Å²) in [5, 5.41) is 13.3. The number of carboxylic acids is 1. The number of rotatable bonds is 8. The summed E-state index contributed by atoms with van der Waals surface area (Å²) >= 11 is 1.66. The Labute approximate surface area is 166 Å². The zero-order valence-corrected chi connectivity index (χ0v) is 16.3. The lowest BCUT2D eigenvalue weighted by Gasteiger charge is -2.09. The Bertz CT molecular complexity index is 1020. The van der Waals surface area contributed by atoms with Crippen LogP contribution < -0.4 is 14.8 Å². The number of aliphatic carboxylic acids is 1. The fourth-order valence-corrected chi connectivity index (χ4v) is 4.06. The van der Waals surface area contributed by atoms with E-state index in [1.807, 2.05) is 18.2 Å². The van der Waals surface area contributed by atoms with E-state index in [0.717, 1.165) is 39.5 Å². The molecule has 0 amide bonds. The molecule has 1 aliphatic heterocycles. The number of carbonyl (C=O) groups is 1. The zero-order chi connectivity index (χ0) is 19.5. The zero-order valence-electron chi connectivity index (χ0n) is 15.5. The lowest BCUT2D eigenvalue weighted by atomic mass is 10.2. The highest BCUT2D eigenvalue weighted by Gasteiger charge is 2.15. The van der Waals surface area contributed by atoms with Crippen LogP contribution in [0.15, 0.2) is 24.3 Å². The van der Waals surface area contributed by atoms with Crippen LogP contribution in [0.2, 0.25) is 0 Å². The summed E-state index contributed by atoms with van der Waals surface area (Å²) in [5.74, 6) is 2.17. The van der Waals surface area contributed by atoms with E-state index < -0.39 is 5.97 Å². The minimum absolute atomic E-state index is 0.117. The highest BCUT2D eigenvalue weighted by molar-refractivity contribution is 7.18. The lowest BCUT2D eigenvalue weighted by Crippen LogP contribution is -2.06. The average Bonchev–Trinajstić information content (AvgIpc) is 3.31. The molecule has 3 heterocycles. The van der Waals surface area contributed by atoms with Crippen LogP contribution in [-0.2, 0) is 24.2 Å². The minimum atomic E-state index is -0.799. The first-order valence-corrected chi connectivity index (χ1v) is 10.1. The van der Waals surface area contributed by atoms with Crippen molar-refractivity contribution in [3.63, 3.8) is 0 Å². The Kier molecular flexibility index (Phi) is 5.29. The number of hydrogen-bond donors (Lipinski definition) is 2. The molecule has 0 saturated heterocycles. The maximum atomic E-state index is 10.8. The average molecular weight is 399 g/mol. The van der Waals surface area contributed by atoms with Crippen molar-refractivity contribution in [1.82, 2.24) is 9.97 Å². The fourth-order valence-electron chi connectivity index (χ4n) is 3.07. The molecule has 1 aromatic carbocycles. The van der Waals surface area contributed by atoms with Gasteiger partial charge in [0.25, 0.3) is 0 Å². The standard InChI is InChI=1S/C20H21N3O4S/c1-2-13-9-14-19(21-10-12-6-7-15-16(8-12)27-11-26-15)22-17(23-20(14)28-13)4-3-5-18(24)25/h6-9H,2-5,10-11H2,1H3,(H,24,25)(H,21,22,23). The molecule has 7 nitrogen and oxygen atoms in total. The predicted octanol–water partition coefficient (Wildman–Crippen LogP) is 4.00. The smallest absolute Gasteiger partial charge is 0.303 e. The van der Waals surface area contributed by atoms with Crippen molar-refractivity contribution < 1.29 is 19.4 Å². The molecule has 0 radical (unpaired) electrons. The molecule has 0 unspecified atom stereocenters. The first kappa shape index (κ1) is 18.5. The van der Waals surface area contributed by atoms with Gasteiger partial charge in [-0.2, -0.15) is 0 Å². The first-order chi connectivity index (χ1) is 13.6. The molecule has 0 bridgehead atoms. The third kappa shape index (κ3) is 4.01. The van der Waals surface area contributed by atoms with Crippen molar-refractivity contribution in [1.29, 1.82) is 0 Å². The number of aryl methyl sites for hydroxylation is 2. The number of ether oxygens (including phenoxy) is 2. The summed E-state index contributed by atoms with van der Waals surface area (Å²) in [7, 11) is 0. The molecule has 0 spiro atoms. The van der Waals surface area contributed by atoms with Crippen molar-refractivity contribution >= 4 is 33.3 Å². The van der Waals surface area contributed by atoms with E-state index >= 15 is 0 Å². The van der Waals surface area contributed by atoms with E-state index in [0.29, 0.717) is 25.2 Å². The van der Waals surface area contributed by atoms with E-state index in [4.69, 9.17) is 14.6 Å². The monoisotopic (exact) mass is 399 g/mol. The second kappa shape index (κ2) is 8.02. The number of nitrogens with one attached hydrogen (secondary N) is 1. The summed E-state index contributed by atoms with van der Waals surface area (Å²) in [5.41, 5.74) is 1.06. The number of nitrogens with zero attached hydrogens (tertiary/aromatic N) is 2. The van der Waals surface area contributed by atoms with Gasteiger partial charge in [-0.25, -0.2) is 9.97 Å². The van der Waals surface area contributed by atoms with Gasteiger partial charge in [0.15, 0.2) is 11.5 Å². The summed E-state index contributed by atoms with van der Waals surface area (Å²) in [6.07, 6.45) is 2.12. The van der Waals surface area contributed by atoms with Gasteiger partial charge in [-0.15, -0.1) is 11.3 Å². The SMILES string of the molecule is CCc1cc2c(NCc3ccc4c(c3)OCO4)nc(CCCC(=O)O)nc2s1. The Morgan fingerprint density at radius 3 is 2.93 bits per heavy atom. The summed E-state index contributed by atoms with van der Waals surface area (Å²) in [6.45, 7) is 2.97. The predicted molar refractivity (Wildman–Crippen MR) is 107 cm³/mol. The molecular formula is C20H21N3O4S. The second-order valence-corrected chi connectivity index (χ2v) is 7.68. The van der Waals surface area contributed by atoms with Crippen molar-refractivity contribution in [2.24, 2.45) is 0 Å². The van der Waals surface area contributed by atoms with Crippen molar-refractivity contribution in [3.8, 4) is 11.5 Å². The van der Waals surface area contributed by atoms with Gasteiger partial charge in [0, 0.05) is 24.3 Å². The number of hydrogen-bond acceptors (Lipinski definition) is 7. The van der Waals surface area contributed by atoms with Gasteiger partial charge >= 0.3 is 5.97 Å².